The first-order valence-corrected chi connectivity index (χ1v) is 10.5. The quantitative estimate of drug-likeness (QED) is 0.559. The number of aromatic nitrogens is 3. The van der Waals surface area contributed by atoms with Gasteiger partial charge in [0, 0.05) is 24.5 Å². The van der Waals surface area contributed by atoms with Crippen LogP contribution in [-0.4, -0.2) is 40.1 Å². The van der Waals surface area contributed by atoms with Crippen molar-refractivity contribution < 1.29 is 9.53 Å². The average Bonchev–Trinajstić information content (AvgIpc) is 3.32. The molecule has 0 saturated carbocycles. The Morgan fingerprint density at radius 2 is 1.93 bits per heavy atom. The summed E-state index contributed by atoms with van der Waals surface area (Å²) in [5.74, 6) is 1.62. The number of hydrogen-bond donors (Lipinski definition) is 1. The Morgan fingerprint density at radius 1 is 1.14 bits per heavy atom. The lowest BCUT2D eigenvalue weighted by atomic mass is 10.3. The molecule has 3 aromatic rings. The first kappa shape index (κ1) is 19.9. The van der Waals surface area contributed by atoms with Crippen molar-refractivity contribution in [2.45, 2.75) is 11.7 Å². The van der Waals surface area contributed by atoms with Gasteiger partial charge in [-0.3, -0.25) is 9.36 Å². The Morgan fingerprint density at radius 3 is 2.66 bits per heavy atom. The topological polar surface area (TPSA) is 72.3 Å². The normalized spacial score (nSPS) is 12.7. The molecule has 4 rings (SSSR count). The van der Waals surface area contributed by atoms with Crippen LogP contribution in [0.5, 0.6) is 5.75 Å². The van der Waals surface area contributed by atoms with Gasteiger partial charge in [-0.2, -0.15) is 0 Å². The van der Waals surface area contributed by atoms with E-state index in [-0.39, 0.29) is 11.7 Å². The molecule has 29 heavy (non-hydrogen) atoms. The van der Waals surface area contributed by atoms with Crippen molar-refractivity contribution in [2.75, 3.05) is 29.6 Å². The number of benzene rings is 2. The number of hydrogen-bond acceptors (Lipinski definition) is 6. The van der Waals surface area contributed by atoms with Gasteiger partial charge in [-0.25, -0.2) is 0 Å². The highest BCUT2D eigenvalue weighted by molar-refractivity contribution is 7.99. The lowest BCUT2D eigenvalue weighted by molar-refractivity contribution is -0.113. The van der Waals surface area contributed by atoms with E-state index in [1.54, 1.807) is 25.3 Å². The summed E-state index contributed by atoms with van der Waals surface area (Å²) in [7, 11) is 1.64. The van der Waals surface area contributed by atoms with E-state index in [1.807, 2.05) is 28.8 Å². The molecule has 0 radical (unpaired) electrons. The minimum atomic E-state index is -0.157. The fourth-order valence-corrected chi connectivity index (χ4v) is 4.05. The van der Waals surface area contributed by atoms with Gasteiger partial charge in [0.15, 0.2) is 5.16 Å². The maximum Gasteiger partial charge on any atom is 0.234 e. The van der Waals surface area contributed by atoms with E-state index in [2.05, 4.69) is 20.4 Å². The van der Waals surface area contributed by atoms with Crippen LogP contribution in [-0.2, 0) is 11.3 Å². The molecule has 1 aliphatic heterocycles. The van der Waals surface area contributed by atoms with Crippen LogP contribution in [0.4, 0.5) is 17.3 Å². The number of thioether (sulfide) groups is 1. The molecule has 0 saturated heterocycles. The van der Waals surface area contributed by atoms with Crippen molar-refractivity contribution >= 4 is 58.2 Å². The summed E-state index contributed by atoms with van der Waals surface area (Å²) >= 11 is 13.2. The molecule has 1 aliphatic rings. The summed E-state index contributed by atoms with van der Waals surface area (Å²) in [5.41, 5.74) is 1.62. The number of ether oxygens (including phenoxy) is 1. The van der Waals surface area contributed by atoms with E-state index in [1.165, 1.54) is 11.8 Å². The third-order valence-electron chi connectivity index (χ3n) is 4.41. The zero-order valence-corrected chi connectivity index (χ0v) is 17.8. The van der Waals surface area contributed by atoms with Gasteiger partial charge in [-0.1, -0.05) is 35.0 Å². The Bertz CT molecular complexity index is 1040. The van der Waals surface area contributed by atoms with Gasteiger partial charge in [0.2, 0.25) is 11.9 Å². The van der Waals surface area contributed by atoms with Crippen LogP contribution < -0.4 is 15.0 Å². The summed E-state index contributed by atoms with van der Waals surface area (Å²) in [5, 5.41) is 12.9. The lowest BCUT2D eigenvalue weighted by Gasteiger charge is -2.15. The predicted octanol–water partition coefficient (Wildman–Crippen LogP) is 4.48. The minimum absolute atomic E-state index is 0.157. The molecule has 10 heteroatoms. The summed E-state index contributed by atoms with van der Waals surface area (Å²) < 4.78 is 7.22. The van der Waals surface area contributed by atoms with E-state index < -0.39 is 0 Å². The highest BCUT2D eigenvalue weighted by Gasteiger charge is 2.26. The highest BCUT2D eigenvalue weighted by Crippen LogP contribution is 2.33. The maximum absolute atomic E-state index is 12.3. The first-order valence-electron chi connectivity index (χ1n) is 8.77. The molecule has 2 aromatic carbocycles. The number of carbonyl (C=O) groups is 1. The number of nitrogens with one attached hydrogen (secondary N) is 1. The smallest absolute Gasteiger partial charge is 0.234 e. The summed E-state index contributed by atoms with van der Waals surface area (Å²) in [6.45, 7) is 1.55. The number of rotatable bonds is 6. The lowest BCUT2D eigenvalue weighted by Crippen LogP contribution is -2.14. The second kappa shape index (κ2) is 8.52. The molecule has 0 unspecified atom stereocenters. The minimum Gasteiger partial charge on any atom is -0.497 e. The van der Waals surface area contributed by atoms with E-state index in [4.69, 9.17) is 27.9 Å². The van der Waals surface area contributed by atoms with Gasteiger partial charge < -0.3 is 15.0 Å². The Kier molecular flexibility index (Phi) is 5.84. The van der Waals surface area contributed by atoms with Crippen molar-refractivity contribution in [2.24, 2.45) is 0 Å². The Balaban J connectivity index is 1.39. The van der Waals surface area contributed by atoms with Gasteiger partial charge >= 0.3 is 0 Å². The summed E-state index contributed by atoms with van der Waals surface area (Å²) in [4.78, 5) is 14.4. The molecule has 0 bridgehead atoms. The van der Waals surface area contributed by atoms with Crippen LogP contribution in [0.15, 0.2) is 47.6 Å². The fraction of sp³-hybridized carbons (Fsp3) is 0.211. The van der Waals surface area contributed by atoms with Crippen LogP contribution >= 0.6 is 35.0 Å². The van der Waals surface area contributed by atoms with Crippen molar-refractivity contribution in [1.29, 1.82) is 0 Å². The molecule has 0 aliphatic carbocycles. The van der Waals surface area contributed by atoms with Gasteiger partial charge in [-0.15, -0.1) is 10.2 Å². The van der Waals surface area contributed by atoms with Crippen LogP contribution in [0.3, 0.4) is 0 Å². The highest BCUT2D eigenvalue weighted by atomic mass is 35.5. The number of fused-ring (bicyclic) bond motifs is 1. The SMILES string of the molecule is COc1ccc(N2CCn3c(SCC(=O)Nc4ccc(Cl)c(Cl)c4)nnc32)cc1. The van der Waals surface area contributed by atoms with E-state index in [0.717, 1.165) is 30.5 Å². The monoisotopic (exact) mass is 449 g/mol. The van der Waals surface area contributed by atoms with Gasteiger partial charge in [0.1, 0.15) is 5.75 Å². The Hall–Kier alpha value is -2.42. The predicted molar refractivity (Wildman–Crippen MR) is 116 cm³/mol. The molecule has 7 nitrogen and oxygen atoms in total. The van der Waals surface area contributed by atoms with E-state index in [0.29, 0.717) is 20.9 Å². The molecule has 0 spiro atoms. The summed E-state index contributed by atoms with van der Waals surface area (Å²) in [6.07, 6.45) is 0. The van der Waals surface area contributed by atoms with Crippen LogP contribution in [0.1, 0.15) is 0 Å². The van der Waals surface area contributed by atoms with Gasteiger partial charge in [0.25, 0.3) is 0 Å². The van der Waals surface area contributed by atoms with Crippen molar-refractivity contribution in [3.05, 3.63) is 52.5 Å². The van der Waals surface area contributed by atoms with Crippen molar-refractivity contribution in [3.8, 4) is 5.75 Å². The second-order valence-electron chi connectivity index (χ2n) is 6.25. The molecule has 0 atom stereocenters. The third-order valence-corrected chi connectivity index (χ3v) is 6.11. The zero-order valence-electron chi connectivity index (χ0n) is 15.4. The standard InChI is InChI=1S/C19H17Cl2N5O2S/c1-28-14-5-3-13(4-6-14)25-8-9-26-18(25)23-24-19(26)29-11-17(27)22-12-2-7-15(20)16(21)10-12/h2-7,10H,8-9,11H2,1H3,(H,22,27). The van der Waals surface area contributed by atoms with Gasteiger partial charge in [-0.05, 0) is 42.5 Å². The third kappa shape index (κ3) is 4.29. The number of anilines is 3. The maximum atomic E-state index is 12.3. The van der Waals surface area contributed by atoms with E-state index in [9.17, 15) is 4.79 Å². The fourth-order valence-electron chi connectivity index (χ4n) is 2.99. The number of carbonyl (C=O) groups excluding carboxylic acids is 1. The second-order valence-corrected chi connectivity index (χ2v) is 8.01. The molecule has 2 heterocycles. The van der Waals surface area contributed by atoms with Crippen molar-refractivity contribution in [1.82, 2.24) is 14.8 Å². The van der Waals surface area contributed by atoms with Crippen LogP contribution in [0.2, 0.25) is 10.0 Å². The van der Waals surface area contributed by atoms with Crippen LogP contribution in [0.25, 0.3) is 0 Å². The van der Waals surface area contributed by atoms with Gasteiger partial charge in [0.05, 0.1) is 22.9 Å². The zero-order chi connectivity index (χ0) is 20.4. The average molecular weight is 450 g/mol. The number of nitrogens with zero attached hydrogens (tertiary/aromatic N) is 4. The molecular formula is C19H17Cl2N5O2S. The van der Waals surface area contributed by atoms with Crippen molar-refractivity contribution in [3.63, 3.8) is 0 Å². The van der Waals surface area contributed by atoms with Crippen LogP contribution in [0, 0.1) is 0 Å². The molecule has 150 valence electrons. The molecule has 1 aromatic heterocycles. The number of amides is 1. The molecule has 1 amide bonds. The molecule has 1 N–H and O–H groups in total. The summed E-state index contributed by atoms with van der Waals surface area (Å²) in [6, 6.07) is 12.8. The largest absolute Gasteiger partial charge is 0.497 e. The molecular weight excluding hydrogens is 433 g/mol. The number of halogens is 2. The first-order chi connectivity index (χ1) is 14.0. The Labute approximate surface area is 182 Å². The van der Waals surface area contributed by atoms with E-state index >= 15 is 0 Å². The number of methoxy groups -OCH3 is 1. The molecule has 0 fully saturated rings.